The van der Waals surface area contributed by atoms with Gasteiger partial charge in [0.05, 0.1) is 0 Å². The molecule has 0 amide bonds. The Balaban J connectivity index is 0.000000152. The van der Waals surface area contributed by atoms with Crippen LogP contribution in [0.5, 0.6) is 0 Å². The Morgan fingerprint density at radius 3 is 0.938 bits per heavy atom. The van der Waals surface area contributed by atoms with Crippen molar-refractivity contribution in [1.82, 2.24) is 0 Å². The van der Waals surface area contributed by atoms with Crippen molar-refractivity contribution >= 4 is 80.6 Å². The lowest BCUT2D eigenvalue weighted by molar-refractivity contribution is 1.73. The first-order valence-corrected chi connectivity index (χ1v) is 18.6. The highest BCUT2D eigenvalue weighted by molar-refractivity contribution is 7.80. The second kappa shape index (κ2) is 14.7. The van der Waals surface area contributed by atoms with Gasteiger partial charge in [0.2, 0.25) is 0 Å². The van der Waals surface area contributed by atoms with Gasteiger partial charge in [0.15, 0.2) is 0 Å². The number of hydrogen-bond donors (Lipinski definition) is 2. The summed E-state index contributed by atoms with van der Waals surface area (Å²) >= 11 is 0. The van der Waals surface area contributed by atoms with E-state index in [1.807, 2.05) is 24.3 Å². The largest absolute Gasteiger partial charge is 0.398 e. The van der Waals surface area contributed by atoms with E-state index < -0.39 is 15.8 Å². The topological polar surface area (TPSA) is 52.0 Å². The van der Waals surface area contributed by atoms with Crippen LogP contribution in [0.1, 0.15) is 0 Å². The smallest absolute Gasteiger partial charge is 0.0393 e. The lowest BCUT2D eigenvalue weighted by atomic mass is 10.1. The highest BCUT2D eigenvalue weighted by atomic mass is 31.1. The van der Waals surface area contributed by atoms with Crippen molar-refractivity contribution in [2.24, 2.45) is 0 Å². The van der Waals surface area contributed by atoms with E-state index in [0.717, 1.165) is 32.9 Å². The lowest BCUT2D eigenvalue weighted by Gasteiger charge is -2.19. The van der Waals surface area contributed by atoms with E-state index in [0.29, 0.717) is 0 Å². The van der Waals surface area contributed by atoms with Crippen LogP contribution in [0.25, 0.3) is 21.5 Å². The summed E-state index contributed by atoms with van der Waals surface area (Å²) in [5.41, 5.74) is 13.8. The molecule has 48 heavy (non-hydrogen) atoms. The van der Waals surface area contributed by atoms with E-state index in [2.05, 4.69) is 170 Å². The van der Waals surface area contributed by atoms with E-state index >= 15 is 0 Å². The molecule has 0 heterocycles. The third-order valence-electron chi connectivity index (χ3n) is 8.16. The SMILES string of the molecule is Nc1cccc2[c]c(P(c3ccccc3)c3ccccc3)ccc12.Nc1cccc2[c]c(P(c3ccccc3)c3ccccc3)ccc12. The highest BCUT2D eigenvalue weighted by Gasteiger charge is 2.18. The van der Waals surface area contributed by atoms with Crippen LogP contribution >= 0.6 is 15.8 Å². The van der Waals surface area contributed by atoms with Crippen molar-refractivity contribution in [1.29, 1.82) is 0 Å². The molecule has 0 saturated heterocycles. The summed E-state index contributed by atoms with van der Waals surface area (Å²) in [5, 5.41) is 12.1. The predicted molar refractivity (Wildman–Crippen MR) is 212 cm³/mol. The normalized spacial score (nSPS) is 11.0. The maximum Gasteiger partial charge on any atom is 0.0393 e. The Morgan fingerprint density at radius 2 is 0.625 bits per heavy atom. The number of anilines is 2. The van der Waals surface area contributed by atoms with Gasteiger partial charge in [-0.1, -0.05) is 170 Å². The van der Waals surface area contributed by atoms with Crippen LogP contribution in [-0.4, -0.2) is 0 Å². The summed E-state index contributed by atoms with van der Waals surface area (Å²) in [6.07, 6.45) is 0. The molecule has 8 rings (SSSR count). The Hall–Kier alpha value is -5.26. The number of nitrogen functional groups attached to an aromatic ring is 2. The Kier molecular flexibility index (Phi) is 9.57. The standard InChI is InChI=1S/2C22H17NP/c2*23-22-13-7-8-17-16-20(14-15-21(17)22)24(18-9-3-1-4-10-18)19-11-5-2-6-12-19/h2*1-15H,23H2. The van der Waals surface area contributed by atoms with Gasteiger partial charge in [0.1, 0.15) is 0 Å². The zero-order valence-electron chi connectivity index (χ0n) is 26.4. The third-order valence-corrected chi connectivity index (χ3v) is 12.9. The summed E-state index contributed by atoms with van der Waals surface area (Å²) in [7, 11) is -1.25. The molecule has 0 aliphatic carbocycles. The van der Waals surface area contributed by atoms with Crippen molar-refractivity contribution in [2.75, 3.05) is 11.5 Å². The molecule has 0 unspecified atom stereocenters. The molecule has 2 nitrogen and oxygen atoms in total. The fourth-order valence-electron chi connectivity index (χ4n) is 5.86. The zero-order chi connectivity index (χ0) is 32.7. The Bertz CT molecular complexity index is 2010. The van der Waals surface area contributed by atoms with Gasteiger partial charge in [-0.15, -0.1) is 0 Å². The average molecular weight is 653 g/mol. The molecular weight excluding hydrogens is 618 g/mol. The minimum Gasteiger partial charge on any atom is -0.398 e. The van der Waals surface area contributed by atoms with Crippen LogP contribution in [0.3, 0.4) is 0 Å². The van der Waals surface area contributed by atoms with Crippen molar-refractivity contribution in [3.8, 4) is 0 Å². The second-order valence-electron chi connectivity index (χ2n) is 11.3. The van der Waals surface area contributed by atoms with Crippen molar-refractivity contribution in [2.45, 2.75) is 0 Å². The summed E-state index contributed by atoms with van der Waals surface area (Å²) < 4.78 is 0. The number of rotatable bonds is 6. The predicted octanol–water partition coefficient (Wildman–Crippen LogP) is 7.96. The van der Waals surface area contributed by atoms with Gasteiger partial charge in [-0.3, -0.25) is 0 Å². The molecule has 230 valence electrons. The van der Waals surface area contributed by atoms with Crippen LogP contribution < -0.4 is 43.3 Å². The van der Waals surface area contributed by atoms with Crippen molar-refractivity contribution in [3.63, 3.8) is 0 Å². The highest BCUT2D eigenvalue weighted by Crippen LogP contribution is 2.35. The van der Waals surface area contributed by atoms with Gasteiger partial charge in [-0.25, -0.2) is 0 Å². The molecule has 8 aromatic rings. The summed E-state index contributed by atoms with van der Waals surface area (Å²) in [6, 6.07) is 70.6. The van der Waals surface area contributed by atoms with Crippen LogP contribution in [0.15, 0.2) is 182 Å². The van der Waals surface area contributed by atoms with Crippen molar-refractivity contribution in [3.05, 3.63) is 194 Å². The minimum absolute atomic E-state index is 0.625. The molecule has 4 N–H and O–H groups in total. The van der Waals surface area contributed by atoms with Gasteiger partial charge in [0.25, 0.3) is 0 Å². The molecule has 0 atom stereocenters. The monoisotopic (exact) mass is 652 g/mol. The van der Waals surface area contributed by atoms with Gasteiger partial charge in [0, 0.05) is 22.1 Å². The van der Waals surface area contributed by atoms with Gasteiger partial charge >= 0.3 is 0 Å². The molecular formula is C44H34N2P2. The van der Waals surface area contributed by atoms with Gasteiger partial charge in [-0.05, 0) is 82.7 Å². The quantitative estimate of drug-likeness (QED) is 0.142. The van der Waals surface area contributed by atoms with Crippen LogP contribution in [0.4, 0.5) is 11.4 Å². The fourth-order valence-corrected chi connectivity index (χ4v) is 10.4. The molecule has 0 spiro atoms. The first-order valence-electron chi connectivity index (χ1n) is 15.9. The number of benzene rings is 8. The average Bonchev–Trinajstić information content (AvgIpc) is 3.14. The molecule has 8 aromatic carbocycles. The Morgan fingerprint density at radius 1 is 0.312 bits per heavy atom. The molecule has 0 saturated carbocycles. The van der Waals surface area contributed by atoms with Gasteiger partial charge in [-0.2, -0.15) is 0 Å². The maximum absolute atomic E-state index is 6.09. The zero-order valence-corrected chi connectivity index (χ0v) is 28.2. The summed E-state index contributed by atoms with van der Waals surface area (Å²) in [6.45, 7) is 0. The van der Waals surface area contributed by atoms with Crippen LogP contribution in [-0.2, 0) is 0 Å². The number of hydrogen-bond acceptors (Lipinski definition) is 2. The molecule has 0 aliphatic heterocycles. The van der Waals surface area contributed by atoms with Crippen LogP contribution in [0.2, 0.25) is 0 Å². The van der Waals surface area contributed by atoms with E-state index in [1.165, 1.54) is 31.8 Å². The molecule has 0 aromatic heterocycles. The van der Waals surface area contributed by atoms with E-state index in [-0.39, 0.29) is 0 Å². The van der Waals surface area contributed by atoms with E-state index in [9.17, 15) is 0 Å². The lowest BCUT2D eigenvalue weighted by Crippen LogP contribution is -2.20. The maximum atomic E-state index is 6.09. The third kappa shape index (κ3) is 6.87. The molecule has 0 bridgehead atoms. The molecule has 4 heteroatoms. The molecule has 0 aliphatic rings. The Labute approximate surface area is 285 Å². The van der Waals surface area contributed by atoms with Crippen molar-refractivity contribution < 1.29 is 0 Å². The molecule has 0 fully saturated rings. The first-order chi connectivity index (χ1) is 23.7. The van der Waals surface area contributed by atoms with Gasteiger partial charge < -0.3 is 11.5 Å². The van der Waals surface area contributed by atoms with E-state index in [1.54, 1.807) is 0 Å². The minimum atomic E-state index is -0.625. The summed E-state index contributed by atoms with van der Waals surface area (Å²) in [4.78, 5) is 0. The second-order valence-corrected chi connectivity index (χ2v) is 15.7. The molecule has 2 radical (unpaired) electrons. The van der Waals surface area contributed by atoms with E-state index in [4.69, 9.17) is 11.5 Å². The van der Waals surface area contributed by atoms with Crippen LogP contribution in [0, 0.1) is 12.1 Å². The fraction of sp³-hybridized carbons (Fsp3) is 0. The first kappa shape index (κ1) is 31.3. The number of nitrogens with two attached hydrogens (primary N) is 2. The number of fused-ring (bicyclic) bond motifs is 2. The summed E-state index contributed by atoms with van der Waals surface area (Å²) in [5.74, 6) is 0.